The lowest BCUT2D eigenvalue weighted by Crippen LogP contribution is -2.61. The number of carbonyl (C=O) groups is 7. The first-order valence-electron chi connectivity index (χ1n) is 22.6. The first-order valence-corrected chi connectivity index (χ1v) is 22.6. The smallest absolute Gasteiger partial charge is 0.408 e. The van der Waals surface area contributed by atoms with Gasteiger partial charge >= 0.3 is 12.1 Å². The second-order valence-corrected chi connectivity index (χ2v) is 19.1. The van der Waals surface area contributed by atoms with Crippen molar-refractivity contribution in [3.05, 3.63) is 71.8 Å². The van der Waals surface area contributed by atoms with E-state index in [4.69, 9.17) is 9.47 Å². The normalized spacial score (nSPS) is 18.3. The van der Waals surface area contributed by atoms with Gasteiger partial charge in [-0.3, -0.25) is 28.9 Å². The van der Waals surface area contributed by atoms with Crippen LogP contribution >= 0.6 is 0 Å². The minimum Gasteiger partial charge on any atom is -0.467 e. The quantitative estimate of drug-likeness (QED) is 0.115. The van der Waals surface area contributed by atoms with Crippen LogP contribution in [-0.4, -0.2) is 121 Å². The molecule has 352 valence electrons. The van der Waals surface area contributed by atoms with Gasteiger partial charge in [-0.15, -0.1) is 0 Å². The highest BCUT2D eigenvalue weighted by Crippen LogP contribution is 2.29. The monoisotopic (exact) mass is 890 g/mol. The molecule has 2 aliphatic rings. The molecule has 2 heterocycles. The Balaban J connectivity index is 1.38. The van der Waals surface area contributed by atoms with Crippen molar-refractivity contribution in [2.24, 2.45) is 29.6 Å². The van der Waals surface area contributed by atoms with Crippen molar-refractivity contribution in [2.45, 2.75) is 117 Å². The highest BCUT2D eigenvalue weighted by molar-refractivity contribution is 5.94. The molecule has 16 nitrogen and oxygen atoms in total. The average molecular weight is 890 g/mol. The molecule has 4 rings (SSSR count). The van der Waals surface area contributed by atoms with Crippen LogP contribution in [0.5, 0.6) is 0 Å². The maximum atomic E-state index is 14.3. The third kappa shape index (κ3) is 15.9. The number of amides is 6. The second-order valence-electron chi connectivity index (χ2n) is 19.1. The highest BCUT2D eigenvalue weighted by Gasteiger charge is 2.40. The number of fused-ring (bicyclic) bond motifs is 2. The summed E-state index contributed by atoms with van der Waals surface area (Å²) in [6, 6.07) is 14.7. The van der Waals surface area contributed by atoms with Crippen molar-refractivity contribution in [2.75, 3.05) is 39.8 Å². The summed E-state index contributed by atoms with van der Waals surface area (Å²) in [6.07, 6.45) is 1.04. The predicted molar refractivity (Wildman–Crippen MR) is 242 cm³/mol. The van der Waals surface area contributed by atoms with Crippen molar-refractivity contribution in [3.63, 3.8) is 0 Å². The van der Waals surface area contributed by atoms with E-state index in [9.17, 15) is 33.6 Å². The van der Waals surface area contributed by atoms with Gasteiger partial charge in [-0.25, -0.2) is 9.59 Å². The number of alkyl carbamates (subject to hydrolysis) is 1. The Morgan fingerprint density at radius 2 is 1.23 bits per heavy atom. The zero-order valence-corrected chi connectivity index (χ0v) is 39.1. The lowest BCUT2D eigenvalue weighted by atomic mass is 9.84. The summed E-state index contributed by atoms with van der Waals surface area (Å²) in [7, 11) is 1.25. The van der Waals surface area contributed by atoms with Crippen molar-refractivity contribution < 1.29 is 43.0 Å². The molecular formula is C48H71N7O9. The number of benzene rings is 2. The van der Waals surface area contributed by atoms with Crippen LogP contribution < -0.4 is 26.6 Å². The molecule has 16 heteroatoms. The van der Waals surface area contributed by atoms with E-state index < -0.39 is 59.5 Å². The van der Waals surface area contributed by atoms with E-state index in [0.29, 0.717) is 39.0 Å². The fourth-order valence-corrected chi connectivity index (χ4v) is 8.47. The highest BCUT2D eigenvalue weighted by atomic mass is 16.5. The van der Waals surface area contributed by atoms with E-state index in [0.717, 1.165) is 17.5 Å². The van der Waals surface area contributed by atoms with Gasteiger partial charge in [-0.2, -0.15) is 0 Å². The Kier molecular flexibility index (Phi) is 19.1. The van der Waals surface area contributed by atoms with Gasteiger partial charge in [-0.05, 0) is 73.8 Å². The molecule has 0 radical (unpaired) electrons. The number of piperidine rings is 2. The van der Waals surface area contributed by atoms with Gasteiger partial charge < -0.3 is 41.0 Å². The number of hydrogen-bond donors (Lipinski definition) is 5. The summed E-state index contributed by atoms with van der Waals surface area (Å²) in [6.45, 7) is 16.7. The molecule has 5 N–H and O–H groups in total. The molecule has 6 atom stereocenters. The molecule has 2 aromatic carbocycles. The maximum absolute atomic E-state index is 14.3. The van der Waals surface area contributed by atoms with Crippen molar-refractivity contribution >= 4 is 41.6 Å². The number of nitrogens with one attached hydrogen (secondary N) is 5. The molecule has 0 spiro atoms. The van der Waals surface area contributed by atoms with Crippen LogP contribution in [0.1, 0.15) is 85.8 Å². The van der Waals surface area contributed by atoms with Gasteiger partial charge in [-0.1, -0.05) is 102 Å². The number of ether oxygens (including phenoxy) is 2. The topological polar surface area (TPSA) is 205 Å². The number of rotatable bonds is 21. The lowest BCUT2D eigenvalue weighted by Gasteiger charge is -2.46. The average Bonchev–Trinajstić information content (AvgIpc) is 3.23. The SMILES string of the molecule is COC(=O)C(C)(C)NC(=O)[C@H](CC(C)C)NC(=O)CN1CC2CC(C1)CN(C(=O)[C@H](CC(C)C)NC(=O)[C@@H](NC(=O)[C@H](Cc1ccccc1)NC(=O)OCc1ccccc1)C(C)C)C2. The molecule has 6 amide bonds. The first-order chi connectivity index (χ1) is 30.2. The molecule has 2 aliphatic heterocycles. The standard InChI is InChI=1S/C48H71N7O9/c1-30(2)20-37(43(58)53-48(7,8)46(61)63-9)49-40(56)28-54-24-35-22-36(25-54)27-55(26-35)45(60)39(21-31(3)4)50-44(59)41(32(5)6)52-42(57)38(23-33-16-12-10-13-17-33)51-47(62)64-29-34-18-14-11-15-19-34/h10-19,30-32,35-39,41H,20-29H2,1-9H3,(H,49,56)(H,50,59)(H,51,62)(H,52,57)(H,53,58)/t35?,36?,37-,38-,39-,41-/m0/s1. The summed E-state index contributed by atoms with van der Waals surface area (Å²) in [4.78, 5) is 98.0. The number of methoxy groups -OCH3 is 1. The van der Waals surface area contributed by atoms with Crippen molar-refractivity contribution in [3.8, 4) is 0 Å². The molecule has 2 saturated heterocycles. The molecule has 0 aromatic heterocycles. The Morgan fingerprint density at radius 3 is 1.78 bits per heavy atom. The number of likely N-dealkylation sites (tertiary alicyclic amines) is 2. The van der Waals surface area contributed by atoms with Gasteiger partial charge in [0.15, 0.2) is 0 Å². The van der Waals surface area contributed by atoms with Crippen LogP contribution in [0.15, 0.2) is 60.7 Å². The zero-order chi connectivity index (χ0) is 47.1. The second kappa shape index (κ2) is 24.0. The number of carbonyl (C=O) groups excluding carboxylic acids is 7. The Bertz CT molecular complexity index is 1880. The van der Waals surface area contributed by atoms with Crippen LogP contribution in [0, 0.1) is 29.6 Å². The minimum absolute atomic E-state index is 0.0173. The minimum atomic E-state index is -1.27. The van der Waals surface area contributed by atoms with Crippen LogP contribution in [-0.2, 0) is 51.3 Å². The van der Waals surface area contributed by atoms with Crippen molar-refractivity contribution in [1.82, 2.24) is 36.4 Å². The molecular weight excluding hydrogens is 819 g/mol. The summed E-state index contributed by atoms with van der Waals surface area (Å²) >= 11 is 0. The largest absolute Gasteiger partial charge is 0.467 e. The van der Waals surface area contributed by atoms with Gasteiger partial charge in [0.25, 0.3) is 0 Å². The van der Waals surface area contributed by atoms with Gasteiger partial charge in [0.05, 0.1) is 13.7 Å². The lowest BCUT2D eigenvalue weighted by molar-refractivity contribution is -0.149. The third-order valence-corrected chi connectivity index (χ3v) is 11.5. The van der Waals surface area contributed by atoms with E-state index in [1.165, 1.54) is 7.11 Å². The van der Waals surface area contributed by atoms with Crippen LogP contribution in [0.3, 0.4) is 0 Å². The fraction of sp³-hybridized carbons (Fsp3) is 0.604. The third-order valence-electron chi connectivity index (χ3n) is 11.5. The summed E-state index contributed by atoms with van der Waals surface area (Å²) in [5.41, 5.74) is 0.320. The number of esters is 1. The van der Waals surface area contributed by atoms with Gasteiger partial charge in [0.2, 0.25) is 29.5 Å². The van der Waals surface area contributed by atoms with Crippen LogP contribution in [0.25, 0.3) is 0 Å². The molecule has 0 saturated carbocycles. The van der Waals surface area contributed by atoms with E-state index in [2.05, 4.69) is 31.5 Å². The Labute approximate surface area is 378 Å². The van der Waals surface area contributed by atoms with Gasteiger partial charge in [0.1, 0.15) is 36.3 Å². The molecule has 2 unspecified atom stereocenters. The van der Waals surface area contributed by atoms with E-state index in [1.54, 1.807) is 27.7 Å². The van der Waals surface area contributed by atoms with E-state index >= 15 is 0 Å². The molecule has 0 aliphatic carbocycles. The molecule has 2 bridgehead atoms. The number of nitrogens with zero attached hydrogens (tertiary/aromatic N) is 2. The van der Waals surface area contributed by atoms with Crippen LogP contribution in [0.2, 0.25) is 0 Å². The van der Waals surface area contributed by atoms with E-state index in [1.807, 2.05) is 93.3 Å². The van der Waals surface area contributed by atoms with Gasteiger partial charge in [0, 0.05) is 32.6 Å². The Morgan fingerprint density at radius 1 is 0.672 bits per heavy atom. The predicted octanol–water partition coefficient (Wildman–Crippen LogP) is 3.57. The zero-order valence-electron chi connectivity index (χ0n) is 39.1. The summed E-state index contributed by atoms with van der Waals surface area (Å²) in [5.74, 6) is -2.65. The Hall–Kier alpha value is -5.51. The molecule has 2 fully saturated rings. The summed E-state index contributed by atoms with van der Waals surface area (Å²) < 4.78 is 10.3. The molecule has 2 aromatic rings. The fourth-order valence-electron chi connectivity index (χ4n) is 8.47. The van der Waals surface area contributed by atoms with E-state index in [-0.39, 0.29) is 61.0 Å². The van der Waals surface area contributed by atoms with Crippen LogP contribution in [0.4, 0.5) is 4.79 Å². The van der Waals surface area contributed by atoms with Crippen molar-refractivity contribution in [1.29, 1.82) is 0 Å². The maximum Gasteiger partial charge on any atom is 0.408 e. The molecule has 64 heavy (non-hydrogen) atoms. The first kappa shape index (κ1) is 51.1. The number of hydrogen-bond acceptors (Lipinski definition) is 10. The summed E-state index contributed by atoms with van der Waals surface area (Å²) in [5, 5.41) is 14.1.